The van der Waals surface area contributed by atoms with Gasteiger partial charge in [0.2, 0.25) is 5.91 Å². The Morgan fingerprint density at radius 3 is 2.27 bits per heavy atom. The SMILES string of the molecule is C=C(/C=C(/OC(=O)N(CCOCCO)CCN(C)C(=O)OCc1ccc(NC(=O)CN)cc1)C(=C)/C=C\C=C(C)C)NC(=O)c1cn2cc(NC(=O)c3ccc(O)cc3)ccc2n1. The number of nitrogens with two attached hydrogens (primary N) is 1. The zero-order chi connectivity index (χ0) is 45.9. The molecule has 0 radical (unpaired) electrons. The second kappa shape index (κ2) is 24.0. The van der Waals surface area contributed by atoms with E-state index in [-0.39, 0.29) is 87.0 Å². The minimum Gasteiger partial charge on any atom is -0.508 e. The van der Waals surface area contributed by atoms with Gasteiger partial charge in [-0.1, -0.05) is 49.1 Å². The second-order valence-electron chi connectivity index (χ2n) is 14.0. The fourth-order valence-electron chi connectivity index (χ4n) is 5.33. The Bertz CT molecular complexity index is 2360. The van der Waals surface area contributed by atoms with E-state index in [0.717, 1.165) is 5.57 Å². The van der Waals surface area contributed by atoms with Gasteiger partial charge in [-0.3, -0.25) is 14.4 Å². The molecule has 0 aliphatic rings. The number of imidazole rings is 1. The average Bonchev–Trinajstić information content (AvgIpc) is 3.69. The van der Waals surface area contributed by atoms with Crippen LogP contribution in [0.3, 0.4) is 0 Å². The molecular weight excluding hydrogens is 813 g/mol. The van der Waals surface area contributed by atoms with Gasteiger partial charge in [0.25, 0.3) is 11.8 Å². The van der Waals surface area contributed by atoms with Gasteiger partial charge in [-0.15, -0.1) is 0 Å². The number of pyridine rings is 1. The number of phenols is 1. The fraction of sp³-hybridized carbons (Fsp3) is 0.244. The monoisotopic (exact) mass is 864 g/mol. The molecule has 0 aliphatic heterocycles. The molecule has 0 aliphatic carbocycles. The number of aliphatic hydroxyl groups excluding tert-OH is 1. The van der Waals surface area contributed by atoms with E-state index in [0.29, 0.717) is 28.1 Å². The maximum absolute atomic E-state index is 13.8. The molecule has 4 rings (SSSR count). The summed E-state index contributed by atoms with van der Waals surface area (Å²) in [6, 6.07) is 15.7. The Morgan fingerprint density at radius 1 is 0.873 bits per heavy atom. The van der Waals surface area contributed by atoms with E-state index >= 15 is 0 Å². The lowest BCUT2D eigenvalue weighted by Crippen LogP contribution is -2.41. The van der Waals surface area contributed by atoms with E-state index in [9.17, 15) is 34.2 Å². The molecule has 0 spiro atoms. The number of nitrogens with zero attached hydrogens (tertiary/aromatic N) is 4. The van der Waals surface area contributed by atoms with Gasteiger partial charge >= 0.3 is 12.2 Å². The number of ether oxygens (including phenoxy) is 3. The number of nitrogens with one attached hydrogen (secondary N) is 3. The molecule has 2 aromatic carbocycles. The third-order valence-electron chi connectivity index (χ3n) is 8.69. The lowest BCUT2D eigenvalue weighted by molar-refractivity contribution is -0.114. The summed E-state index contributed by atoms with van der Waals surface area (Å²) in [4.78, 5) is 71.2. The molecule has 5 amide bonds. The number of anilines is 2. The smallest absolute Gasteiger partial charge is 0.415 e. The molecule has 2 aromatic heterocycles. The zero-order valence-electron chi connectivity index (χ0n) is 35.3. The maximum atomic E-state index is 13.8. The second-order valence-corrected chi connectivity index (χ2v) is 14.0. The topological polar surface area (TPSA) is 239 Å². The number of aliphatic hydroxyl groups is 1. The molecule has 0 unspecified atom stereocenters. The van der Waals surface area contributed by atoms with Crippen molar-refractivity contribution in [2.75, 3.05) is 63.7 Å². The number of aromatic hydroxyl groups is 1. The summed E-state index contributed by atoms with van der Waals surface area (Å²) in [6.45, 7) is 11.5. The lowest BCUT2D eigenvalue weighted by Gasteiger charge is -2.25. The third-order valence-corrected chi connectivity index (χ3v) is 8.69. The molecule has 0 saturated heterocycles. The summed E-state index contributed by atoms with van der Waals surface area (Å²) in [6.07, 6.45) is 8.05. The van der Waals surface area contributed by atoms with Crippen LogP contribution in [-0.4, -0.2) is 112 Å². The van der Waals surface area contributed by atoms with Crippen LogP contribution < -0.4 is 21.7 Å². The highest BCUT2D eigenvalue weighted by Crippen LogP contribution is 2.18. The first-order valence-electron chi connectivity index (χ1n) is 19.6. The number of allylic oxidation sites excluding steroid dienone is 5. The molecule has 2 heterocycles. The number of benzene rings is 2. The van der Waals surface area contributed by atoms with Crippen LogP contribution in [0.15, 0.2) is 133 Å². The van der Waals surface area contributed by atoms with Crippen LogP contribution in [0.1, 0.15) is 40.3 Å². The molecule has 18 nitrogen and oxygen atoms in total. The number of hydrogen-bond donors (Lipinski definition) is 6. The van der Waals surface area contributed by atoms with Crippen molar-refractivity contribution in [1.29, 1.82) is 0 Å². The number of aromatic nitrogens is 2. The summed E-state index contributed by atoms with van der Waals surface area (Å²) in [5.41, 5.74) is 9.06. The molecule has 7 N–H and O–H groups in total. The normalized spacial score (nSPS) is 11.1. The number of phenolic OH excluding ortho intramolecular Hbond substituents is 1. The first-order chi connectivity index (χ1) is 30.1. The summed E-state index contributed by atoms with van der Waals surface area (Å²) in [5.74, 6) is -1.38. The standard InChI is InChI=1S/C45H52N8O10/c1-30(2)7-6-8-31(3)39(25-32(4)47-43(58)38-28-53-27-36(15-18-40(53)50-38)49-42(57)34-11-16-37(55)17-12-34)63-45(60)52(21-23-61-24-22-54)20-19-51(5)44(59)62-29-33-9-13-35(14-10-33)48-41(56)26-46/h6-18,25,27-28,54-55H,3-4,19-24,26,29,46H2,1-2,5H3,(H,47,58)(H,48,56)(H,49,57)/b8-6-,39-25+. The fourth-order valence-corrected chi connectivity index (χ4v) is 5.33. The minimum absolute atomic E-state index is 0.0103. The van der Waals surface area contributed by atoms with Crippen LogP contribution in [0.4, 0.5) is 21.0 Å². The molecule has 332 valence electrons. The average molecular weight is 865 g/mol. The van der Waals surface area contributed by atoms with Gasteiger partial charge in [0, 0.05) is 67.7 Å². The summed E-state index contributed by atoms with van der Waals surface area (Å²) in [5, 5.41) is 26.8. The molecule has 0 fully saturated rings. The zero-order valence-corrected chi connectivity index (χ0v) is 35.3. The van der Waals surface area contributed by atoms with Crippen LogP contribution >= 0.6 is 0 Å². The van der Waals surface area contributed by atoms with E-state index in [4.69, 9.17) is 19.9 Å². The van der Waals surface area contributed by atoms with Gasteiger partial charge in [0.1, 0.15) is 29.5 Å². The van der Waals surface area contributed by atoms with Gasteiger partial charge in [-0.05, 0) is 67.9 Å². The largest absolute Gasteiger partial charge is 0.508 e. The van der Waals surface area contributed by atoms with Crippen molar-refractivity contribution in [3.8, 4) is 5.75 Å². The number of likely N-dealkylation sites (N-methyl/N-ethyl adjacent to an activating group) is 1. The first kappa shape index (κ1) is 48.1. The number of rotatable bonds is 21. The highest BCUT2D eigenvalue weighted by molar-refractivity contribution is 6.04. The van der Waals surface area contributed by atoms with E-state index < -0.39 is 24.0 Å². The van der Waals surface area contributed by atoms with Gasteiger partial charge in [-0.25, -0.2) is 14.6 Å². The Hall–Kier alpha value is -7.54. The Morgan fingerprint density at radius 2 is 1.59 bits per heavy atom. The van der Waals surface area contributed by atoms with Crippen LogP contribution in [0.2, 0.25) is 0 Å². The molecule has 0 saturated carbocycles. The number of carbonyl (C=O) groups is 5. The van der Waals surface area contributed by atoms with E-state index in [1.165, 1.54) is 53.4 Å². The lowest BCUT2D eigenvalue weighted by atomic mass is 10.2. The maximum Gasteiger partial charge on any atom is 0.415 e. The summed E-state index contributed by atoms with van der Waals surface area (Å²) >= 11 is 0. The predicted octanol–water partition coefficient (Wildman–Crippen LogP) is 5.11. The van der Waals surface area contributed by atoms with Crippen molar-refractivity contribution in [1.82, 2.24) is 24.5 Å². The molecule has 4 aromatic rings. The Labute approximate surface area is 364 Å². The van der Waals surface area contributed by atoms with E-state index in [2.05, 4.69) is 34.1 Å². The van der Waals surface area contributed by atoms with Crippen molar-refractivity contribution < 1.29 is 48.4 Å². The number of fused-ring (bicyclic) bond motifs is 1. The predicted molar refractivity (Wildman–Crippen MR) is 237 cm³/mol. The van der Waals surface area contributed by atoms with Crippen molar-refractivity contribution in [3.63, 3.8) is 0 Å². The van der Waals surface area contributed by atoms with Gasteiger partial charge < -0.3 is 60.3 Å². The van der Waals surface area contributed by atoms with Crippen molar-refractivity contribution in [2.24, 2.45) is 5.73 Å². The van der Waals surface area contributed by atoms with Crippen molar-refractivity contribution in [3.05, 3.63) is 150 Å². The Kier molecular flexibility index (Phi) is 18.4. The van der Waals surface area contributed by atoms with Crippen LogP contribution in [0.5, 0.6) is 5.75 Å². The number of amides is 5. The highest BCUT2D eigenvalue weighted by Gasteiger charge is 2.21. The van der Waals surface area contributed by atoms with Gasteiger partial charge in [0.05, 0.1) is 32.1 Å². The Balaban J connectivity index is 1.44. The molecule has 18 heteroatoms. The molecular formula is C45H52N8O10. The molecule has 0 bridgehead atoms. The van der Waals surface area contributed by atoms with E-state index in [1.54, 1.807) is 59.1 Å². The van der Waals surface area contributed by atoms with Crippen molar-refractivity contribution in [2.45, 2.75) is 20.5 Å². The highest BCUT2D eigenvalue weighted by atomic mass is 16.6. The molecule has 63 heavy (non-hydrogen) atoms. The molecule has 0 atom stereocenters. The number of hydrogen-bond acceptors (Lipinski definition) is 12. The van der Waals surface area contributed by atoms with Crippen LogP contribution in [-0.2, 0) is 25.6 Å². The third kappa shape index (κ3) is 15.8. The van der Waals surface area contributed by atoms with Crippen LogP contribution in [0, 0.1) is 0 Å². The van der Waals surface area contributed by atoms with E-state index in [1.807, 2.05) is 19.9 Å². The summed E-state index contributed by atoms with van der Waals surface area (Å²) < 4.78 is 18.2. The minimum atomic E-state index is -0.831. The quantitative estimate of drug-likeness (QED) is 0.0364. The van der Waals surface area contributed by atoms with Crippen molar-refractivity contribution >= 4 is 46.9 Å². The van der Waals surface area contributed by atoms with Gasteiger partial charge in [-0.2, -0.15) is 0 Å². The first-order valence-corrected chi connectivity index (χ1v) is 19.6. The van der Waals surface area contributed by atoms with Gasteiger partial charge in [0.15, 0.2) is 0 Å². The summed E-state index contributed by atoms with van der Waals surface area (Å²) in [7, 11) is 1.51. The van der Waals surface area contributed by atoms with Crippen LogP contribution in [0.25, 0.3) is 5.65 Å². The number of carbonyl (C=O) groups excluding carboxylic acids is 5.